The first-order valence-electron chi connectivity index (χ1n) is 10.1. The first-order chi connectivity index (χ1) is 15.2. The highest BCUT2D eigenvalue weighted by molar-refractivity contribution is 7.91. The monoisotopic (exact) mass is 495 g/mol. The lowest BCUT2D eigenvalue weighted by Crippen LogP contribution is -2.34. The maximum Gasteiger partial charge on any atom is 0.229 e. The van der Waals surface area contributed by atoms with Gasteiger partial charge in [0, 0.05) is 18.0 Å². The molecule has 3 aromatic rings. The summed E-state index contributed by atoms with van der Waals surface area (Å²) in [5.74, 6) is 0.0709. The number of amides is 1. The van der Waals surface area contributed by atoms with E-state index < -0.39 is 9.84 Å². The molecular formula is C22H26ClN3O4S2. The third-order valence-corrected chi connectivity index (χ3v) is 7.89. The van der Waals surface area contributed by atoms with E-state index in [1.165, 1.54) is 35.6 Å². The fraction of sp³-hybridized carbons (Fsp3) is 0.364. The third-order valence-electron chi connectivity index (χ3n) is 4.87. The number of halogens is 1. The lowest BCUT2D eigenvalue weighted by Gasteiger charge is -2.21. The molecule has 1 aromatic heterocycles. The maximum absolute atomic E-state index is 13.1. The number of carbonyl (C=O) groups excluding carboxylic acids is 1. The molecule has 0 spiro atoms. The Bertz CT molecular complexity index is 1180. The third kappa shape index (κ3) is 5.98. The quantitative estimate of drug-likeness (QED) is 0.421. The van der Waals surface area contributed by atoms with Crippen LogP contribution in [0.4, 0.5) is 5.13 Å². The topological polar surface area (TPSA) is 79.8 Å². The first-order valence-corrected chi connectivity index (χ1v) is 12.9. The fourth-order valence-electron chi connectivity index (χ4n) is 3.18. The highest BCUT2D eigenvalue weighted by Gasteiger charge is 2.23. The summed E-state index contributed by atoms with van der Waals surface area (Å²) >= 11 is 7.24. The van der Waals surface area contributed by atoms with Crippen molar-refractivity contribution in [2.75, 3.05) is 44.9 Å². The number of carbonyl (C=O) groups is 1. The van der Waals surface area contributed by atoms with Crippen molar-refractivity contribution in [2.45, 2.75) is 17.7 Å². The number of benzene rings is 2. The number of ether oxygens (including phenoxy) is 1. The minimum Gasteiger partial charge on any atom is -0.494 e. The molecule has 1 amide bonds. The molecule has 0 saturated carbocycles. The molecule has 0 aliphatic rings. The summed E-state index contributed by atoms with van der Waals surface area (Å²) in [6.45, 7) is 1.24. The van der Waals surface area contributed by atoms with Crippen LogP contribution in [0.25, 0.3) is 10.2 Å². The highest BCUT2D eigenvalue weighted by Crippen LogP contribution is 2.34. The van der Waals surface area contributed by atoms with E-state index in [1.54, 1.807) is 12.0 Å². The van der Waals surface area contributed by atoms with E-state index in [1.807, 2.05) is 37.2 Å². The van der Waals surface area contributed by atoms with Crippen LogP contribution in [0.15, 0.2) is 47.4 Å². The summed E-state index contributed by atoms with van der Waals surface area (Å²) in [6, 6.07) is 11.6. The normalized spacial score (nSPS) is 11.8. The molecular weight excluding hydrogens is 470 g/mol. The maximum atomic E-state index is 13.1. The van der Waals surface area contributed by atoms with Gasteiger partial charge >= 0.3 is 0 Å². The van der Waals surface area contributed by atoms with E-state index in [9.17, 15) is 13.2 Å². The molecule has 10 heteroatoms. The number of rotatable bonds is 10. The summed E-state index contributed by atoms with van der Waals surface area (Å²) in [5, 5.41) is 0.996. The van der Waals surface area contributed by atoms with Crippen LogP contribution in [0, 0.1) is 0 Å². The number of sulfone groups is 1. The van der Waals surface area contributed by atoms with Crippen molar-refractivity contribution < 1.29 is 17.9 Å². The van der Waals surface area contributed by atoms with Crippen LogP contribution < -0.4 is 9.64 Å². The number of thiazole rings is 1. The van der Waals surface area contributed by atoms with Gasteiger partial charge in [0.2, 0.25) is 5.91 Å². The Labute approximate surface area is 197 Å². The van der Waals surface area contributed by atoms with Gasteiger partial charge in [-0.2, -0.15) is 0 Å². The minimum absolute atomic E-state index is 0.139. The van der Waals surface area contributed by atoms with Gasteiger partial charge in [0.25, 0.3) is 0 Å². The van der Waals surface area contributed by atoms with Crippen molar-refractivity contribution in [3.63, 3.8) is 0 Å². The molecule has 0 fully saturated rings. The molecule has 7 nitrogen and oxygen atoms in total. The molecule has 0 saturated heterocycles. The Morgan fingerprint density at radius 2 is 1.84 bits per heavy atom. The number of anilines is 1. The number of para-hydroxylation sites is 1. The van der Waals surface area contributed by atoms with Crippen LogP contribution in [-0.4, -0.2) is 64.3 Å². The molecule has 0 aliphatic heterocycles. The summed E-state index contributed by atoms with van der Waals surface area (Å²) in [5.41, 5.74) is 0.689. The van der Waals surface area contributed by atoms with Crippen LogP contribution in [0.1, 0.15) is 12.8 Å². The summed E-state index contributed by atoms with van der Waals surface area (Å²) in [4.78, 5) is 21.6. The number of hydrogen-bond donors (Lipinski definition) is 0. The number of hydrogen-bond acceptors (Lipinski definition) is 7. The molecule has 0 radical (unpaired) electrons. The minimum atomic E-state index is -3.61. The lowest BCUT2D eigenvalue weighted by molar-refractivity contribution is -0.118. The summed E-state index contributed by atoms with van der Waals surface area (Å²) in [6.07, 6.45) is 0.593. The van der Waals surface area contributed by atoms with Crippen molar-refractivity contribution in [3.8, 4) is 5.75 Å². The van der Waals surface area contributed by atoms with E-state index in [2.05, 4.69) is 4.98 Å². The van der Waals surface area contributed by atoms with Gasteiger partial charge in [-0.3, -0.25) is 9.69 Å². The molecule has 2 aromatic carbocycles. The number of nitrogens with zero attached hydrogens (tertiary/aromatic N) is 3. The van der Waals surface area contributed by atoms with Crippen molar-refractivity contribution in [1.29, 1.82) is 0 Å². The number of methoxy groups -OCH3 is 1. The van der Waals surface area contributed by atoms with Crippen LogP contribution >= 0.6 is 22.9 Å². The predicted molar refractivity (Wildman–Crippen MR) is 130 cm³/mol. The van der Waals surface area contributed by atoms with Gasteiger partial charge in [0.15, 0.2) is 15.0 Å². The zero-order valence-corrected chi connectivity index (χ0v) is 20.6. The summed E-state index contributed by atoms with van der Waals surface area (Å²) < 4.78 is 31.7. The zero-order valence-electron chi connectivity index (χ0n) is 18.2. The smallest absolute Gasteiger partial charge is 0.229 e. The van der Waals surface area contributed by atoms with Crippen LogP contribution in [-0.2, 0) is 14.6 Å². The molecule has 3 rings (SSSR count). The molecule has 0 N–H and O–H groups in total. The molecule has 0 aliphatic carbocycles. The van der Waals surface area contributed by atoms with Gasteiger partial charge < -0.3 is 9.64 Å². The second-order valence-corrected chi connectivity index (χ2v) is 11.1. The zero-order chi connectivity index (χ0) is 23.3. The second kappa shape index (κ2) is 10.6. The Morgan fingerprint density at radius 1 is 1.12 bits per heavy atom. The molecule has 0 bridgehead atoms. The molecule has 172 valence electrons. The van der Waals surface area contributed by atoms with E-state index >= 15 is 0 Å². The van der Waals surface area contributed by atoms with E-state index in [4.69, 9.17) is 16.3 Å². The van der Waals surface area contributed by atoms with E-state index in [0.717, 1.165) is 17.7 Å². The van der Waals surface area contributed by atoms with Gasteiger partial charge in [-0.15, -0.1) is 0 Å². The van der Waals surface area contributed by atoms with Crippen LogP contribution in [0.2, 0.25) is 5.02 Å². The van der Waals surface area contributed by atoms with Gasteiger partial charge in [0.05, 0.1) is 22.5 Å². The fourth-order valence-corrected chi connectivity index (χ4v) is 5.56. The van der Waals surface area contributed by atoms with Crippen molar-refractivity contribution in [3.05, 3.63) is 47.5 Å². The number of fused-ring (bicyclic) bond motifs is 1. The van der Waals surface area contributed by atoms with Crippen molar-refractivity contribution in [2.24, 2.45) is 0 Å². The second-order valence-electron chi connectivity index (χ2n) is 7.53. The Hall–Kier alpha value is -2.20. The van der Waals surface area contributed by atoms with Crippen molar-refractivity contribution >= 4 is 54.0 Å². The Balaban J connectivity index is 1.81. The molecule has 0 atom stereocenters. The van der Waals surface area contributed by atoms with Crippen LogP contribution in [0.3, 0.4) is 0 Å². The highest BCUT2D eigenvalue weighted by atomic mass is 35.5. The lowest BCUT2D eigenvalue weighted by atomic mass is 10.3. The molecule has 32 heavy (non-hydrogen) atoms. The van der Waals surface area contributed by atoms with Gasteiger partial charge in [-0.1, -0.05) is 29.0 Å². The molecule has 1 heterocycles. The average Bonchev–Trinajstić information content (AvgIpc) is 3.19. The first kappa shape index (κ1) is 24.4. The standard InChI is InChI=1S/C22H26ClN3O4S2/c1-25(2)13-5-14-26(22-24-21-18(30-3)6-4-7-19(21)31-22)20(27)12-15-32(28,29)17-10-8-16(23)9-11-17/h4,6-11H,5,12-15H2,1-3H3. The SMILES string of the molecule is COc1cccc2sc(N(CCCN(C)C)C(=O)CCS(=O)(=O)c3ccc(Cl)cc3)nc12. The van der Waals surface area contributed by atoms with Gasteiger partial charge in [-0.05, 0) is 63.5 Å². The van der Waals surface area contributed by atoms with Gasteiger partial charge in [0.1, 0.15) is 11.3 Å². The Morgan fingerprint density at radius 3 is 2.50 bits per heavy atom. The Kier molecular flexibility index (Phi) is 8.10. The van der Waals surface area contributed by atoms with E-state index in [-0.39, 0.29) is 23.0 Å². The van der Waals surface area contributed by atoms with Crippen molar-refractivity contribution in [1.82, 2.24) is 9.88 Å². The molecule has 0 unspecified atom stereocenters. The largest absolute Gasteiger partial charge is 0.494 e. The number of aromatic nitrogens is 1. The summed E-state index contributed by atoms with van der Waals surface area (Å²) in [7, 11) is 1.90. The van der Waals surface area contributed by atoms with E-state index in [0.29, 0.717) is 28.0 Å². The van der Waals surface area contributed by atoms with Gasteiger partial charge in [-0.25, -0.2) is 13.4 Å². The van der Waals surface area contributed by atoms with Crippen LogP contribution in [0.5, 0.6) is 5.75 Å². The predicted octanol–water partition coefficient (Wildman–Crippen LogP) is 4.11. The average molecular weight is 496 g/mol.